The lowest BCUT2D eigenvalue weighted by molar-refractivity contribution is -0.387. The first-order valence-electron chi connectivity index (χ1n) is 7.16. The van der Waals surface area contributed by atoms with Gasteiger partial charge in [0.05, 0.1) is 10.5 Å². The molecule has 0 aliphatic rings. The number of halogens is 1. The number of carbonyl (C=O) groups excluding carboxylic acids is 1. The summed E-state index contributed by atoms with van der Waals surface area (Å²) in [7, 11) is 0. The summed E-state index contributed by atoms with van der Waals surface area (Å²) < 4.78 is 15.4. The molecule has 1 aromatic carbocycles. The lowest BCUT2D eigenvalue weighted by Gasteiger charge is -2.13. The molecule has 0 fully saturated rings. The predicted molar refractivity (Wildman–Crippen MR) is 85.3 cm³/mol. The van der Waals surface area contributed by atoms with Gasteiger partial charge >= 0.3 is 5.69 Å². The van der Waals surface area contributed by atoms with Crippen LogP contribution in [-0.2, 0) is 0 Å². The second-order valence-electron chi connectivity index (χ2n) is 5.63. The zero-order chi connectivity index (χ0) is 17.3. The van der Waals surface area contributed by atoms with Crippen molar-refractivity contribution in [1.82, 2.24) is 4.57 Å². The van der Waals surface area contributed by atoms with E-state index in [-0.39, 0.29) is 17.6 Å². The Hall–Kier alpha value is -2.70. The quantitative estimate of drug-likeness (QED) is 0.684. The lowest BCUT2D eigenvalue weighted by Crippen LogP contribution is -2.14. The molecule has 1 amide bonds. The maximum Gasteiger partial charge on any atom is 0.306 e. The Kier molecular flexibility index (Phi) is 4.49. The fourth-order valence-electron chi connectivity index (χ4n) is 2.73. The molecule has 0 spiro atoms. The van der Waals surface area contributed by atoms with Crippen molar-refractivity contribution in [1.29, 1.82) is 0 Å². The smallest absolute Gasteiger partial charge is 0.306 e. The van der Waals surface area contributed by atoms with Gasteiger partial charge in [0.15, 0.2) is 0 Å². The number of benzene rings is 1. The number of hydrogen-bond donors (Lipinski definition) is 1. The first kappa shape index (κ1) is 16.7. The van der Waals surface area contributed by atoms with Crippen LogP contribution in [0, 0.1) is 29.8 Å². The van der Waals surface area contributed by atoms with Crippen LogP contribution in [0.1, 0.15) is 41.6 Å². The Balaban J connectivity index is 2.32. The summed E-state index contributed by atoms with van der Waals surface area (Å²) >= 11 is 0. The molecular weight excluding hydrogens is 301 g/mol. The summed E-state index contributed by atoms with van der Waals surface area (Å²) in [5.41, 5.74) is 1.76. The molecule has 122 valence electrons. The molecule has 1 heterocycles. The third kappa shape index (κ3) is 3.23. The highest BCUT2D eigenvalue weighted by Crippen LogP contribution is 2.24. The molecule has 0 radical (unpaired) electrons. The first-order valence-corrected chi connectivity index (χ1v) is 7.16. The molecule has 6 nitrogen and oxygen atoms in total. The Labute approximate surface area is 133 Å². The highest BCUT2D eigenvalue weighted by molar-refractivity contribution is 6.05. The van der Waals surface area contributed by atoms with Gasteiger partial charge in [0.2, 0.25) is 5.82 Å². The van der Waals surface area contributed by atoms with Crippen LogP contribution < -0.4 is 5.32 Å². The van der Waals surface area contributed by atoms with Gasteiger partial charge in [-0.2, -0.15) is 4.39 Å². The van der Waals surface area contributed by atoms with E-state index >= 15 is 0 Å². The summed E-state index contributed by atoms with van der Waals surface area (Å²) in [5.74, 6) is -1.32. The van der Waals surface area contributed by atoms with Crippen LogP contribution in [0.4, 0.5) is 15.8 Å². The monoisotopic (exact) mass is 319 g/mol. The number of rotatable bonds is 4. The van der Waals surface area contributed by atoms with E-state index in [0.29, 0.717) is 5.56 Å². The number of nitrogens with one attached hydrogen (secondary N) is 1. The third-order valence-electron chi connectivity index (χ3n) is 3.65. The van der Waals surface area contributed by atoms with E-state index < -0.39 is 16.4 Å². The van der Waals surface area contributed by atoms with E-state index in [1.54, 1.807) is 6.07 Å². The SMILES string of the molecule is Cc1cc(C(=O)Nc2ccc(F)c([N+](=O)[O-])c2)c(C)n1C(C)C. The molecule has 2 aromatic rings. The van der Waals surface area contributed by atoms with E-state index in [0.717, 1.165) is 23.5 Å². The molecule has 23 heavy (non-hydrogen) atoms. The zero-order valence-electron chi connectivity index (χ0n) is 13.4. The molecular formula is C16H18FN3O3. The van der Waals surface area contributed by atoms with Gasteiger partial charge in [-0.15, -0.1) is 0 Å². The molecule has 1 aromatic heterocycles. The van der Waals surface area contributed by atoms with E-state index in [4.69, 9.17) is 0 Å². The standard InChI is InChI=1S/C16H18FN3O3/c1-9(2)19-10(3)7-13(11(19)4)16(21)18-12-5-6-14(17)15(8-12)20(22)23/h5-9H,1-4H3,(H,18,21). The van der Waals surface area contributed by atoms with Gasteiger partial charge < -0.3 is 9.88 Å². The molecule has 2 rings (SSSR count). The Morgan fingerprint density at radius 3 is 2.48 bits per heavy atom. The molecule has 0 saturated carbocycles. The van der Waals surface area contributed by atoms with Crippen molar-refractivity contribution in [3.8, 4) is 0 Å². The maximum absolute atomic E-state index is 13.3. The molecule has 7 heteroatoms. The van der Waals surface area contributed by atoms with Crippen molar-refractivity contribution in [2.24, 2.45) is 0 Å². The van der Waals surface area contributed by atoms with Crippen molar-refractivity contribution in [3.63, 3.8) is 0 Å². The maximum atomic E-state index is 13.3. The average molecular weight is 319 g/mol. The molecule has 0 atom stereocenters. The zero-order valence-corrected chi connectivity index (χ0v) is 13.4. The molecule has 0 saturated heterocycles. The normalized spacial score (nSPS) is 10.9. The van der Waals surface area contributed by atoms with Gasteiger partial charge in [-0.05, 0) is 45.9 Å². The Morgan fingerprint density at radius 1 is 1.30 bits per heavy atom. The van der Waals surface area contributed by atoms with E-state index in [1.807, 2.05) is 32.3 Å². The summed E-state index contributed by atoms with van der Waals surface area (Å²) in [6, 6.07) is 5.24. The number of nitro groups is 1. The Morgan fingerprint density at radius 2 is 1.96 bits per heavy atom. The van der Waals surface area contributed by atoms with Crippen LogP contribution in [0.3, 0.4) is 0 Å². The number of aryl methyl sites for hydroxylation is 1. The molecule has 1 N–H and O–H groups in total. The third-order valence-corrected chi connectivity index (χ3v) is 3.65. The van der Waals surface area contributed by atoms with Crippen molar-refractivity contribution >= 4 is 17.3 Å². The molecule has 0 aliphatic carbocycles. The highest BCUT2D eigenvalue weighted by atomic mass is 19.1. The largest absolute Gasteiger partial charge is 0.346 e. The van der Waals surface area contributed by atoms with Crippen LogP contribution in [-0.4, -0.2) is 15.4 Å². The van der Waals surface area contributed by atoms with Crippen LogP contribution in [0.5, 0.6) is 0 Å². The number of nitrogens with zero attached hydrogens (tertiary/aromatic N) is 2. The topological polar surface area (TPSA) is 77.2 Å². The number of anilines is 1. The van der Waals surface area contributed by atoms with Crippen molar-refractivity contribution in [2.45, 2.75) is 33.7 Å². The number of nitro benzene ring substituents is 1. The molecule has 0 bridgehead atoms. The van der Waals surface area contributed by atoms with Gasteiger partial charge in [0.1, 0.15) is 0 Å². The second-order valence-corrected chi connectivity index (χ2v) is 5.63. The highest BCUT2D eigenvalue weighted by Gasteiger charge is 2.19. The fourth-order valence-corrected chi connectivity index (χ4v) is 2.73. The van der Waals surface area contributed by atoms with Crippen molar-refractivity contribution in [2.75, 3.05) is 5.32 Å². The van der Waals surface area contributed by atoms with Crippen LogP contribution in [0.2, 0.25) is 0 Å². The van der Waals surface area contributed by atoms with Gasteiger partial charge in [0.25, 0.3) is 5.91 Å². The Bertz CT molecular complexity index is 781. The van der Waals surface area contributed by atoms with Gasteiger partial charge in [0, 0.05) is 29.2 Å². The first-order chi connectivity index (χ1) is 10.7. The summed E-state index contributed by atoms with van der Waals surface area (Å²) in [4.78, 5) is 22.3. The van der Waals surface area contributed by atoms with E-state index in [1.165, 1.54) is 6.07 Å². The number of hydrogen-bond acceptors (Lipinski definition) is 3. The average Bonchev–Trinajstić information content (AvgIpc) is 2.75. The van der Waals surface area contributed by atoms with Gasteiger partial charge in [-0.1, -0.05) is 0 Å². The summed E-state index contributed by atoms with van der Waals surface area (Å²) in [6.07, 6.45) is 0. The minimum atomic E-state index is -0.939. The van der Waals surface area contributed by atoms with Crippen LogP contribution in [0.15, 0.2) is 24.3 Å². The minimum Gasteiger partial charge on any atom is -0.346 e. The predicted octanol–water partition coefficient (Wildman–Crippen LogP) is 3.99. The number of amides is 1. The van der Waals surface area contributed by atoms with Crippen LogP contribution >= 0.6 is 0 Å². The summed E-state index contributed by atoms with van der Waals surface area (Å²) in [5, 5.41) is 13.3. The minimum absolute atomic E-state index is 0.178. The molecule has 0 aliphatic heterocycles. The van der Waals surface area contributed by atoms with Crippen LogP contribution in [0.25, 0.3) is 0 Å². The number of aromatic nitrogens is 1. The van der Waals surface area contributed by atoms with E-state index in [2.05, 4.69) is 5.32 Å². The van der Waals surface area contributed by atoms with Crippen molar-refractivity contribution in [3.05, 3.63) is 57.1 Å². The second kappa shape index (κ2) is 6.20. The summed E-state index contributed by atoms with van der Waals surface area (Å²) in [6.45, 7) is 7.79. The van der Waals surface area contributed by atoms with Crippen molar-refractivity contribution < 1.29 is 14.1 Å². The van der Waals surface area contributed by atoms with E-state index in [9.17, 15) is 19.3 Å². The number of carbonyl (C=O) groups is 1. The lowest BCUT2D eigenvalue weighted by atomic mass is 10.2. The van der Waals surface area contributed by atoms with Gasteiger partial charge in [-0.3, -0.25) is 14.9 Å². The molecule has 0 unspecified atom stereocenters. The fraction of sp³-hybridized carbons (Fsp3) is 0.312. The van der Waals surface area contributed by atoms with Gasteiger partial charge in [-0.25, -0.2) is 0 Å².